The van der Waals surface area contributed by atoms with Crippen LogP contribution in [0.3, 0.4) is 0 Å². The summed E-state index contributed by atoms with van der Waals surface area (Å²) in [6.45, 7) is 12.8. The number of rotatable bonds is 9. The number of alkyl carbamates (subject to hydrolysis) is 1. The van der Waals surface area contributed by atoms with E-state index in [4.69, 9.17) is 15.5 Å². The number of aromatic nitrogens is 4. The van der Waals surface area contributed by atoms with Crippen molar-refractivity contribution in [3.63, 3.8) is 0 Å². The molecule has 2 aromatic heterocycles. The second-order valence-electron chi connectivity index (χ2n) is 15.6. The molecule has 276 valence electrons. The lowest BCUT2D eigenvalue weighted by molar-refractivity contribution is -0.143. The molecule has 2 aromatic carbocycles. The number of ether oxygens (including phenoxy) is 1. The van der Waals surface area contributed by atoms with Crippen LogP contribution >= 0.6 is 0 Å². The minimum absolute atomic E-state index is 0.0126. The molecule has 0 aliphatic carbocycles. The number of likely N-dealkylation sites (tertiary alicyclic amines) is 2. The fraction of sp³-hybridized carbons (Fsp3) is 0.475. The molecule has 5 N–H and O–H groups in total. The molecule has 4 heterocycles. The Kier molecular flexibility index (Phi) is 10.3. The summed E-state index contributed by atoms with van der Waals surface area (Å²) in [4.78, 5) is 59.3. The minimum Gasteiger partial charge on any atom is -0.453 e. The van der Waals surface area contributed by atoms with Gasteiger partial charge < -0.3 is 35.6 Å². The van der Waals surface area contributed by atoms with E-state index in [-0.39, 0.29) is 29.8 Å². The van der Waals surface area contributed by atoms with Gasteiger partial charge in [-0.15, -0.1) is 0 Å². The Morgan fingerprint density at radius 3 is 1.67 bits per heavy atom. The van der Waals surface area contributed by atoms with Crippen molar-refractivity contribution in [2.24, 2.45) is 17.1 Å². The second-order valence-corrected chi connectivity index (χ2v) is 15.6. The number of nitrogens with one attached hydrogen (secondary N) is 3. The summed E-state index contributed by atoms with van der Waals surface area (Å²) in [6, 6.07) is 15.8. The highest BCUT2D eigenvalue weighted by Crippen LogP contribution is 2.39. The van der Waals surface area contributed by atoms with Gasteiger partial charge in [0, 0.05) is 13.1 Å². The van der Waals surface area contributed by atoms with Gasteiger partial charge in [-0.2, -0.15) is 0 Å². The molecule has 12 heteroatoms. The van der Waals surface area contributed by atoms with Crippen molar-refractivity contribution in [1.82, 2.24) is 35.1 Å². The Hall–Kier alpha value is -4.97. The summed E-state index contributed by atoms with van der Waals surface area (Å²) in [5.41, 5.74) is 10.4. The summed E-state index contributed by atoms with van der Waals surface area (Å²) in [6.07, 6.45) is 6.43. The molecule has 4 unspecified atom stereocenters. The molecule has 6 rings (SSSR count). The Morgan fingerprint density at radius 2 is 1.23 bits per heavy atom. The molecule has 2 aliphatic heterocycles. The number of imidazole rings is 2. The van der Waals surface area contributed by atoms with Gasteiger partial charge in [0.15, 0.2) is 0 Å². The molecule has 52 heavy (non-hydrogen) atoms. The van der Waals surface area contributed by atoms with Crippen molar-refractivity contribution >= 4 is 17.9 Å². The number of carbonyl (C=O) groups is 3. The fourth-order valence-electron chi connectivity index (χ4n) is 7.18. The highest BCUT2D eigenvalue weighted by Gasteiger charge is 2.50. The van der Waals surface area contributed by atoms with E-state index in [1.807, 2.05) is 56.8 Å². The van der Waals surface area contributed by atoms with Crippen LogP contribution in [-0.2, 0) is 14.3 Å². The first kappa shape index (κ1) is 36.8. The third kappa shape index (κ3) is 7.08. The van der Waals surface area contributed by atoms with Crippen molar-refractivity contribution in [3.8, 4) is 33.6 Å². The van der Waals surface area contributed by atoms with E-state index in [0.717, 1.165) is 71.0 Å². The first-order chi connectivity index (χ1) is 24.7. The molecule has 0 saturated carbocycles. The lowest BCUT2D eigenvalue weighted by atomic mass is 9.73. The standard InChI is InChI=1S/C40H52N8O4/c1-24(2)33(41)36(49)47-20-8-10-31(47)34-42-22-29(44-34)27-16-12-25(13-17-27)26-14-18-28(19-15-26)30-23-43-35(45-30)32-11-9-21-48(32)37(50)40(6,39(3,4)5)46-38(51)52-7/h12-19,22-24,31-33H,8-11,20-21,41H2,1-7H3,(H,42,44)(H,43,45)(H,46,51). The molecule has 0 spiro atoms. The number of aromatic amines is 2. The predicted octanol–water partition coefficient (Wildman–Crippen LogP) is 6.60. The van der Waals surface area contributed by atoms with Gasteiger partial charge in [0.2, 0.25) is 11.8 Å². The number of benzene rings is 2. The van der Waals surface area contributed by atoms with Crippen LogP contribution in [0.4, 0.5) is 4.79 Å². The first-order valence-electron chi connectivity index (χ1n) is 18.3. The van der Waals surface area contributed by atoms with Gasteiger partial charge in [0.1, 0.15) is 17.2 Å². The van der Waals surface area contributed by atoms with Gasteiger partial charge in [-0.05, 0) is 66.2 Å². The summed E-state index contributed by atoms with van der Waals surface area (Å²) >= 11 is 0. The Labute approximate surface area is 305 Å². The van der Waals surface area contributed by atoms with E-state index in [9.17, 15) is 14.4 Å². The maximum atomic E-state index is 14.0. The van der Waals surface area contributed by atoms with E-state index in [2.05, 4.69) is 68.8 Å². The topological polar surface area (TPSA) is 162 Å². The molecule has 3 amide bonds. The zero-order valence-electron chi connectivity index (χ0n) is 31.3. The van der Waals surface area contributed by atoms with Crippen molar-refractivity contribution in [2.75, 3.05) is 20.2 Å². The number of nitrogens with two attached hydrogens (primary N) is 1. The predicted molar refractivity (Wildman–Crippen MR) is 201 cm³/mol. The monoisotopic (exact) mass is 708 g/mol. The largest absolute Gasteiger partial charge is 0.453 e. The van der Waals surface area contributed by atoms with Crippen molar-refractivity contribution in [2.45, 2.75) is 90.9 Å². The highest BCUT2D eigenvalue weighted by molar-refractivity contribution is 5.91. The average Bonchev–Trinajstić information content (AvgIpc) is 3.96. The number of nitrogens with zero attached hydrogens (tertiary/aromatic N) is 4. The smallest absolute Gasteiger partial charge is 0.407 e. The molecule has 4 atom stereocenters. The van der Waals surface area contributed by atoms with E-state index in [1.54, 1.807) is 6.92 Å². The third-order valence-electron chi connectivity index (χ3n) is 11.1. The maximum absolute atomic E-state index is 14.0. The zero-order valence-corrected chi connectivity index (χ0v) is 31.3. The molecule has 4 aromatic rings. The summed E-state index contributed by atoms with van der Waals surface area (Å²) in [7, 11) is 1.30. The van der Waals surface area contributed by atoms with Crippen LogP contribution in [0, 0.1) is 11.3 Å². The Bertz CT molecular complexity index is 1890. The lowest BCUT2D eigenvalue weighted by Crippen LogP contribution is -2.64. The van der Waals surface area contributed by atoms with Gasteiger partial charge in [0.05, 0.1) is 49.0 Å². The molecule has 2 saturated heterocycles. The van der Waals surface area contributed by atoms with Crippen LogP contribution in [0.5, 0.6) is 0 Å². The van der Waals surface area contributed by atoms with Crippen LogP contribution < -0.4 is 11.1 Å². The van der Waals surface area contributed by atoms with Gasteiger partial charge in [-0.1, -0.05) is 83.1 Å². The minimum atomic E-state index is -1.17. The average molecular weight is 709 g/mol. The number of H-pyrrole nitrogens is 2. The van der Waals surface area contributed by atoms with Crippen molar-refractivity contribution < 1.29 is 19.1 Å². The highest BCUT2D eigenvalue weighted by atomic mass is 16.5. The first-order valence-corrected chi connectivity index (χ1v) is 18.3. The summed E-state index contributed by atoms with van der Waals surface area (Å²) < 4.78 is 4.86. The van der Waals surface area contributed by atoms with Gasteiger partial charge in [-0.3, -0.25) is 9.59 Å². The van der Waals surface area contributed by atoms with Gasteiger partial charge in [-0.25, -0.2) is 14.8 Å². The maximum Gasteiger partial charge on any atom is 0.407 e. The van der Waals surface area contributed by atoms with Crippen LogP contribution in [0.15, 0.2) is 60.9 Å². The van der Waals surface area contributed by atoms with Crippen LogP contribution in [0.25, 0.3) is 33.6 Å². The van der Waals surface area contributed by atoms with Crippen LogP contribution in [-0.4, -0.2) is 79.4 Å². The molecule has 0 bridgehead atoms. The SMILES string of the molecule is COC(=O)NC(C)(C(=O)N1CCCC1c1ncc(-c2ccc(-c3ccc(-c4cnc(C5CCCN5C(=O)C(N)C(C)C)[nH]4)cc3)cc2)[nH]1)C(C)(C)C. The number of carbonyl (C=O) groups excluding carboxylic acids is 3. The molecular weight excluding hydrogens is 656 g/mol. The molecule has 2 aliphatic rings. The number of hydrogen-bond acceptors (Lipinski definition) is 7. The molecule has 0 radical (unpaired) electrons. The second kappa shape index (κ2) is 14.6. The number of amides is 3. The van der Waals surface area contributed by atoms with E-state index < -0.39 is 23.1 Å². The molecule has 2 fully saturated rings. The summed E-state index contributed by atoms with van der Waals surface area (Å²) in [5, 5.41) is 2.81. The van der Waals surface area contributed by atoms with E-state index in [0.29, 0.717) is 13.1 Å². The zero-order chi connectivity index (χ0) is 37.4. The lowest BCUT2D eigenvalue weighted by Gasteiger charge is -2.43. The van der Waals surface area contributed by atoms with Crippen molar-refractivity contribution in [1.29, 1.82) is 0 Å². The number of hydrogen-bond donors (Lipinski definition) is 4. The normalized spacial score (nSPS) is 19.5. The number of methoxy groups -OCH3 is 1. The van der Waals surface area contributed by atoms with Crippen LogP contribution in [0.1, 0.15) is 91.0 Å². The quantitative estimate of drug-likeness (QED) is 0.152. The van der Waals surface area contributed by atoms with Gasteiger partial charge in [0.25, 0.3) is 0 Å². The van der Waals surface area contributed by atoms with E-state index >= 15 is 0 Å². The van der Waals surface area contributed by atoms with Gasteiger partial charge >= 0.3 is 6.09 Å². The fourth-order valence-corrected chi connectivity index (χ4v) is 7.18. The third-order valence-corrected chi connectivity index (χ3v) is 11.1. The van der Waals surface area contributed by atoms with Crippen molar-refractivity contribution in [3.05, 3.63) is 72.6 Å². The Morgan fingerprint density at radius 1 is 0.788 bits per heavy atom. The summed E-state index contributed by atoms with van der Waals surface area (Å²) in [5.74, 6) is 1.43. The Balaban J connectivity index is 1.13. The molecule has 12 nitrogen and oxygen atoms in total. The molecular formula is C40H52N8O4. The van der Waals surface area contributed by atoms with E-state index in [1.165, 1.54) is 7.11 Å². The van der Waals surface area contributed by atoms with Crippen LogP contribution in [0.2, 0.25) is 0 Å².